The first-order chi connectivity index (χ1) is 12.5. The van der Waals surface area contributed by atoms with E-state index in [-0.39, 0.29) is 5.82 Å². The maximum Gasteiger partial charge on any atom is 0.123 e. The summed E-state index contributed by atoms with van der Waals surface area (Å²) >= 11 is 0. The Kier molecular flexibility index (Phi) is 3.96. The summed E-state index contributed by atoms with van der Waals surface area (Å²) in [6.07, 6.45) is 10.1. The van der Waals surface area contributed by atoms with Gasteiger partial charge in [-0.1, -0.05) is 6.08 Å². The number of rotatable bonds is 2. The lowest BCUT2D eigenvalue weighted by molar-refractivity contribution is 0.627. The quantitative estimate of drug-likeness (QED) is 0.681. The second kappa shape index (κ2) is 6.30. The van der Waals surface area contributed by atoms with Crippen molar-refractivity contribution >= 4 is 29.6 Å². The molecule has 0 spiro atoms. The van der Waals surface area contributed by atoms with Crippen LogP contribution in [0.5, 0.6) is 0 Å². The van der Waals surface area contributed by atoms with Crippen molar-refractivity contribution in [2.45, 2.75) is 6.92 Å². The molecule has 130 valence electrons. The van der Waals surface area contributed by atoms with Crippen LogP contribution in [0.15, 0.2) is 53.7 Å². The van der Waals surface area contributed by atoms with Crippen LogP contribution in [0.25, 0.3) is 17.7 Å². The second-order valence-electron chi connectivity index (χ2n) is 6.59. The molecule has 0 amide bonds. The summed E-state index contributed by atoms with van der Waals surface area (Å²) in [6.45, 7) is 2.11. The number of hydrogen-bond donors (Lipinski definition) is 0. The lowest BCUT2D eigenvalue weighted by atomic mass is 10.1. The van der Waals surface area contributed by atoms with E-state index in [1.165, 1.54) is 23.0 Å². The summed E-state index contributed by atoms with van der Waals surface area (Å²) in [4.78, 5) is 4.34. The minimum Gasteiger partial charge on any atom is -0.351 e. The van der Waals surface area contributed by atoms with E-state index in [1.807, 2.05) is 25.4 Å². The third kappa shape index (κ3) is 2.84. The molecule has 3 heterocycles. The van der Waals surface area contributed by atoms with Crippen LogP contribution in [-0.2, 0) is 14.1 Å². The number of aryl methyl sites for hydroxylation is 2. The molecule has 1 aliphatic rings. The third-order valence-corrected chi connectivity index (χ3v) is 4.83. The SMILES string of the molecule is Cc1c/c(=C\C=C2/C=Nc3ccc(F)cc32)n(C)/c1=C\c1cccn1C. The summed E-state index contributed by atoms with van der Waals surface area (Å²) < 4.78 is 17.8. The minimum absolute atomic E-state index is 0.241. The normalized spacial score (nSPS) is 16.1. The Morgan fingerprint density at radius 3 is 2.69 bits per heavy atom. The molecule has 0 atom stereocenters. The first-order valence-corrected chi connectivity index (χ1v) is 8.54. The van der Waals surface area contributed by atoms with Gasteiger partial charge in [-0.25, -0.2) is 4.39 Å². The third-order valence-electron chi connectivity index (χ3n) is 4.83. The van der Waals surface area contributed by atoms with Crippen molar-refractivity contribution in [3.8, 4) is 0 Å². The van der Waals surface area contributed by atoms with Gasteiger partial charge in [0, 0.05) is 54.0 Å². The van der Waals surface area contributed by atoms with Gasteiger partial charge in [0.05, 0.1) is 5.69 Å². The highest BCUT2D eigenvalue weighted by Crippen LogP contribution is 2.31. The Hall–Kier alpha value is -3.14. The van der Waals surface area contributed by atoms with Crippen molar-refractivity contribution in [1.29, 1.82) is 0 Å². The summed E-state index contributed by atoms with van der Waals surface area (Å²) in [7, 11) is 4.10. The lowest BCUT2D eigenvalue weighted by Crippen LogP contribution is -2.24. The zero-order valence-electron chi connectivity index (χ0n) is 15.1. The number of nitrogens with zero attached hydrogens (tertiary/aromatic N) is 3. The van der Waals surface area contributed by atoms with Gasteiger partial charge < -0.3 is 9.13 Å². The number of aromatic nitrogens is 2. The maximum absolute atomic E-state index is 13.5. The molecule has 0 fully saturated rings. The van der Waals surface area contributed by atoms with Crippen molar-refractivity contribution in [1.82, 2.24) is 9.13 Å². The molecule has 0 saturated carbocycles. The van der Waals surface area contributed by atoms with Crippen molar-refractivity contribution in [2.24, 2.45) is 19.1 Å². The highest BCUT2D eigenvalue weighted by atomic mass is 19.1. The van der Waals surface area contributed by atoms with Crippen molar-refractivity contribution in [2.75, 3.05) is 0 Å². The first kappa shape index (κ1) is 16.3. The molecule has 0 saturated heterocycles. The molecule has 0 aliphatic carbocycles. The van der Waals surface area contributed by atoms with Gasteiger partial charge >= 0.3 is 0 Å². The molecule has 4 rings (SSSR count). The van der Waals surface area contributed by atoms with E-state index in [4.69, 9.17) is 0 Å². The Balaban J connectivity index is 1.78. The van der Waals surface area contributed by atoms with E-state index in [1.54, 1.807) is 12.3 Å². The minimum atomic E-state index is -0.241. The molecular formula is C22H20FN3. The van der Waals surface area contributed by atoms with Crippen molar-refractivity contribution in [3.05, 3.63) is 82.0 Å². The van der Waals surface area contributed by atoms with E-state index in [0.717, 1.165) is 27.9 Å². The van der Waals surface area contributed by atoms with Gasteiger partial charge in [0.15, 0.2) is 0 Å². The molecule has 1 aliphatic heterocycles. The monoisotopic (exact) mass is 345 g/mol. The molecule has 0 radical (unpaired) electrons. The number of benzene rings is 1. The van der Waals surface area contributed by atoms with Crippen molar-refractivity contribution in [3.63, 3.8) is 0 Å². The molecule has 4 heteroatoms. The number of fused-ring (bicyclic) bond motifs is 1. The molecule has 0 bridgehead atoms. The number of hydrogen-bond acceptors (Lipinski definition) is 1. The van der Waals surface area contributed by atoms with Gasteiger partial charge in [0.1, 0.15) is 5.82 Å². The van der Waals surface area contributed by atoms with E-state index in [2.05, 4.69) is 52.4 Å². The summed E-state index contributed by atoms with van der Waals surface area (Å²) in [5.41, 5.74) is 4.94. The maximum atomic E-state index is 13.5. The Morgan fingerprint density at radius 2 is 1.92 bits per heavy atom. The summed E-state index contributed by atoms with van der Waals surface area (Å²) in [5, 5.41) is 2.26. The zero-order valence-corrected chi connectivity index (χ0v) is 15.1. The van der Waals surface area contributed by atoms with Crippen molar-refractivity contribution < 1.29 is 4.39 Å². The van der Waals surface area contributed by atoms with Crippen LogP contribution < -0.4 is 10.7 Å². The fourth-order valence-corrected chi connectivity index (χ4v) is 3.30. The zero-order chi connectivity index (χ0) is 18.3. The standard InChI is InChI=1S/C22H20FN3/c1-15-11-19(26(3)22(15)13-18-5-4-10-25(18)2)8-6-16-14-24-21-9-7-17(23)12-20(16)21/h4-14H,1-3H3/b16-6+,19-8+,22-13-. The van der Waals surface area contributed by atoms with E-state index >= 15 is 0 Å². The van der Waals surface area contributed by atoms with Crippen LogP contribution in [0.3, 0.4) is 0 Å². The van der Waals surface area contributed by atoms with Crippen LogP contribution in [0, 0.1) is 12.7 Å². The molecule has 26 heavy (non-hydrogen) atoms. The van der Waals surface area contributed by atoms with Gasteiger partial charge in [-0.15, -0.1) is 0 Å². The highest BCUT2D eigenvalue weighted by Gasteiger charge is 2.12. The topological polar surface area (TPSA) is 22.2 Å². The Labute approximate surface area is 151 Å². The van der Waals surface area contributed by atoms with Crippen LogP contribution in [-0.4, -0.2) is 15.3 Å². The average Bonchev–Trinajstić information content (AvgIpc) is 3.27. The van der Waals surface area contributed by atoms with Crippen LogP contribution in [0.1, 0.15) is 16.8 Å². The molecule has 1 aromatic carbocycles. The number of halogens is 1. The first-order valence-electron chi connectivity index (χ1n) is 8.54. The predicted molar refractivity (Wildman–Crippen MR) is 105 cm³/mol. The van der Waals surface area contributed by atoms with E-state index < -0.39 is 0 Å². The predicted octanol–water partition coefficient (Wildman–Crippen LogP) is 3.22. The number of aliphatic imine (C=N–C) groups is 1. The Bertz CT molecular complexity index is 1170. The molecule has 2 aromatic heterocycles. The second-order valence-corrected chi connectivity index (χ2v) is 6.59. The van der Waals surface area contributed by atoms with Gasteiger partial charge in [-0.2, -0.15) is 0 Å². The highest BCUT2D eigenvalue weighted by molar-refractivity contribution is 6.17. The fraction of sp³-hybridized carbons (Fsp3) is 0.136. The molecule has 0 N–H and O–H groups in total. The van der Waals surface area contributed by atoms with E-state index in [0.29, 0.717) is 0 Å². The lowest BCUT2D eigenvalue weighted by Gasteiger charge is -1.99. The largest absolute Gasteiger partial charge is 0.351 e. The van der Waals surface area contributed by atoms with Gasteiger partial charge in [-0.05, 0) is 61.0 Å². The van der Waals surface area contributed by atoms with E-state index in [9.17, 15) is 4.39 Å². The van der Waals surface area contributed by atoms with Crippen LogP contribution >= 0.6 is 0 Å². The van der Waals surface area contributed by atoms with Gasteiger partial charge in [0.25, 0.3) is 0 Å². The van der Waals surface area contributed by atoms with Gasteiger partial charge in [-0.3, -0.25) is 4.99 Å². The molecule has 3 aromatic rings. The molecule has 0 unspecified atom stereocenters. The Morgan fingerprint density at radius 1 is 1.08 bits per heavy atom. The summed E-state index contributed by atoms with van der Waals surface area (Å²) in [5.74, 6) is -0.241. The van der Waals surface area contributed by atoms with Crippen LogP contribution in [0.2, 0.25) is 0 Å². The summed E-state index contributed by atoms with van der Waals surface area (Å²) in [6, 6.07) is 11.0. The fourth-order valence-electron chi connectivity index (χ4n) is 3.30. The molecular weight excluding hydrogens is 325 g/mol. The number of allylic oxidation sites excluding steroid dienone is 2. The molecule has 3 nitrogen and oxygen atoms in total. The smallest absolute Gasteiger partial charge is 0.123 e. The van der Waals surface area contributed by atoms with Crippen LogP contribution in [0.4, 0.5) is 10.1 Å². The average molecular weight is 345 g/mol. The van der Waals surface area contributed by atoms with Gasteiger partial charge in [0.2, 0.25) is 0 Å².